The van der Waals surface area contributed by atoms with Crippen LogP contribution in [0.25, 0.3) is 86.7 Å². The van der Waals surface area contributed by atoms with E-state index in [0.717, 1.165) is 51.2 Å². The van der Waals surface area contributed by atoms with E-state index >= 15 is 0 Å². The van der Waals surface area contributed by atoms with E-state index in [0.29, 0.717) is 0 Å². The van der Waals surface area contributed by atoms with Gasteiger partial charge in [-0.05, 0) is 0 Å². The maximum atomic E-state index is 4.97. The Balaban J connectivity index is 1.27. The second kappa shape index (κ2) is 13.3. The molecule has 7 aromatic carbocycles. The summed E-state index contributed by atoms with van der Waals surface area (Å²) in [5.41, 5.74) is 20.3. The molecule has 0 unspecified atom stereocenters. The van der Waals surface area contributed by atoms with E-state index in [-0.39, 0.29) is 14.5 Å². The molecule has 0 spiro atoms. The fraction of sp³-hybridized carbons (Fsp3) is 0.0600. The topological polar surface area (TPSA) is 38.7 Å². The van der Waals surface area contributed by atoms with E-state index in [4.69, 9.17) is 10.2 Å². The first-order valence-electron chi connectivity index (χ1n) is 18.4. The van der Waals surface area contributed by atoms with Crippen LogP contribution >= 0.6 is 0 Å². The molecule has 0 saturated carbocycles. The van der Waals surface area contributed by atoms with Crippen LogP contribution in [0.1, 0.15) is 22.3 Å². The van der Waals surface area contributed by atoms with Gasteiger partial charge in [0.25, 0.3) is 0 Å². The average molecular weight is 757 g/mol. The summed E-state index contributed by atoms with van der Waals surface area (Å²) in [6.45, 7) is 4.59. The first-order chi connectivity index (χ1) is 26.7. The van der Waals surface area contributed by atoms with E-state index in [2.05, 4.69) is 177 Å². The quantitative estimate of drug-likeness (QED) is 0.159. The molecule has 2 heterocycles. The van der Waals surface area contributed by atoms with E-state index in [1.807, 2.05) is 6.07 Å². The van der Waals surface area contributed by atoms with Crippen molar-refractivity contribution in [2.45, 2.75) is 20.3 Å². The summed E-state index contributed by atoms with van der Waals surface area (Å²) in [6.07, 6.45) is 0.937. The second-order valence-electron chi connectivity index (χ2n) is 14.0. The van der Waals surface area contributed by atoms with Crippen molar-refractivity contribution < 1.29 is 0 Å². The summed E-state index contributed by atoms with van der Waals surface area (Å²) in [5, 5.41) is 15.6. The molecule has 54 heavy (non-hydrogen) atoms. The van der Waals surface area contributed by atoms with Gasteiger partial charge in [-0.15, -0.1) is 0 Å². The fourth-order valence-corrected chi connectivity index (χ4v) is 11.0. The molecular formula is C50H35N3Se. The second-order valence-corrected chi connectivity index (χ2v) is 16.2. The minimum atomic E-state index is 0.0569. The van der Waals surface area contributed by atoms with Crippen molar-refractivity contribution in [2.75, 3.05) is 0 Å². The Morgan fingerprint density at radius 1 is 0.463 bits per heavy atom. The first kappa shape index (κ1) is 32.5. The van der Waals surface area contributed by atoms with Crippen LogP contribution < -0.4 is 0 Å². The summed E-state index contributed by atoms with van der Waals surface area (Å²) in [6, 6.07) is 58.9. The molecule has 0 amide bonds. The van der Waals surface area contributed by atoms with Crippen LogP contribution in [-0.2, 0) is 6.42 Å². The Labute approximate surface area is 321 Å². The van der Waals surface area contributed by atoms with E-state index in [9.17, 15) is 0 Å². The molecule has 4 heteroatoms. The summed E-state index contributed by atoms with van der Waals surface area (Å²) in [5.74, 6) is 0. The summed E-state index contributed by atoms with van der Waals surface area (Å²) < 4.78 is 2.80. The van der Waals surface area contributed by atoms with Gasteiger partial charge in [-0.2, -0.15) is 0 Å². The van der Waals surface area contributed by atoms with Crippen LogP contribution in [0.15, 0.2) is 164 Å². The molecule has 256 valence electrons. The average Bonchev–Trinajstić information content (AvgIpc) is 3.80. The molecule has 10 rings (SSSR count). The molecule has 2 aromatic heterocycles. The number of nitrogens with zero attached hydrogens (tertiary/aromatic N) is 3. The summed E-state index contributed by atoms with van der Waals surface area (Å²) in [7, 11) is 0. The Hall–Kier alpha value is -6.19. The number of hydrogen-bond donors (Lipinski definition) is 0. The molecule has 9 aromatic rings. The van der Waals surface area contributed by atoms with Gasteiger partial charge in [0.05, 0.1) is 0 Å². The predicted octanol–water partition coefficient (Wildman–Crippen LogP) is 12.3. The van der Waals surface area contributed by atoms with Crippen molar-refractivity contribution in [3.63, 3.8) is 0 Å². The summed E-state index contributed by atoms with van der Waals surface area (Å²) in [4.78, 5) is 0. The van der Waals surface area contributed by atoms with Crippen molar-refractivity contribution >= 4 is 24.1 Å². The van der Waals surface area contributed by atoms with Crippen molar-refractivity contribution in [1.82, 2.24) is 15.4 Å². The standard InChI is InChI=1S/C50H35N3Se/c1-31-29-42-37-23-10-9-21-35(37)30-43(42)45(32(31)2)46-41-27-15-16-28-44(41)54-50(46)40-26-14-13-25-39(40)49-47(48(51-53-52-49)34-19-7-4-8-20-34)38-24-12-11-22-36(38)33-17-5-3-6-18-33/h3-29H,30H2,1-2H3. The Bertz CT molecular complexity index is 2870. The van der Waals surface area contributed by atoms with Gasteiger partial charge in [-0.1, -0.05) is 0 Å². The third-order valence-corrected chi connectivity index (χ3v) is 13.5. The predicted molar refractivity (Wildman–Crippen MR) is 225 cm³/mol. The molecule has 0 atom stereocenters. The number of benzene rings is 7. The van der Waals surface area contributed by atoms with E-state index < -0.39 is 0 Å². The third kappa shape index (κ3) is 5.29. The minimum absolute atomic E-state index is 0.0569. The monoisotopic (exact) mass is 757 g/mol. The maximum absolute atomic E-state index is 4.97. The SMILES string of the molecule is Cc1cc2c(c(-c3c(-c4ccccc4-c4nnnc(-c5ccccc5)c4-c4ccccc4-c4ccccc4)[se]c4ccccc34)c1C)Cc1ccccc1-2. The Morgan fingerprint density at radius 3 is 1.83 bits per heavy atom. The van der Waals surface area contributed by atoms with Crippen molar-refractivity contribution in [3.8, 4) is 77.0 Å². The molecule has 0 saturated heterocycles. The third-order valence-electron chi connectivity index (χ3n) is 11.0. The van der Waals surface area contributed by atoms with Gasteiger partial charge < -0.3 is 0 Å². The molecule has 0 aliphatic heterocycles. The van der Waals surface area contributed by atoms with E-state index in [1.165, 1.54) is 64.2 Å². The number of fused-ring (bicyclic) bond motifs is 4. The van der Waals surface area contributed by atoms with Gasteiger partial charge >= 0.3 is 323 Å². The van der Waals surface area contributed by atoms with Crippen LogP contribution in [0.4, 0.5) is 0 Å². The Morgan fingerprint density at radius 2 is 1.06 bits per heavy atom. The molecule has 0 N–H and O–H groups in total. The molecule has 0 fully saturated rings. The molecule has 3 nitrogen and oxygen atoms in total. The zero-order valence-corrected chi connectivity index (χ0v) is 31.8. The summed E-state index contributed by atoms with van der Waals surface area (Å²) >= 11 is 0.0569. The van der Waals surface area contributed by atoms with Crippen molar-refractivity contribution in [2.24, 2.45) is 0 Å². The number of aromatic nitrogens is 3. The van der Waals surface area contributed by atoms with Gasteiger partial charge in [-0.25, -0.2) is 0 Å². The van der Waals surface area contributed by atoms with Gasteiger partial charge in [0, 0.05) is 0 Å². The van der Waals surface area contributed by atoms with Crippen LogP contribution in [0.3, 0.4) is 0 Å². The normalized spacial score (nSPS) is 11.8. The molecule has 1 aliphatic rings. The first-order valence-corrected chi connectivity index (χ1v) is 20.1. The van der Waals surface area contributed by atoms with Crippen LogP contribution in [0, 0.1) is 13.8 Å². The molecule has 1 aliphatic carbocycles. The van der Waals surface area contributed by atoms with Gasteiger partial charge in [0.15, 0.2) is 0 Å². The van der Waals surface area contributed by atoms with Gasteiger partial charge in [0.2, 0.25) is 0 Å². The molecular weight excluding hydrogens is 722 g/mol. The van der Waals surface area contributed by atoms with Gasteiger partial charge in [0.1, 0.15) is 0 Å². The number of hydrogen-bond acceptors (Lipinski definition) is 3. The van der Waals surface area contributed by atoms with Crippen LogP contribution in [0.2, 0.25) is 0 Å². The van der Waals surface area contributed by atoms with Crippen LogP contribution in [-0.4, -0.2) is 29.9 Å². The van der Waals surface area contributed by atoms with Gasteiger partial charge in [-0.3, -0.25) is 0 Å². The van der Waals surface area contributed by atoms with Crippen molar-refractivity contribution in [3.05, 3.63) is 186 Å². The van der Waals surface area contributed by atoms with E-state index in [1.54, 1.807) is 0 Å². The Kier molecular flexibility index (Phi) is 8.02. The zero-order valence-electron chi connectivity index (χ0n) is 30.0. The zero-order chi connectivity index (χ0) is 36.2. The van der Waals surface area contributed by atoms with Crippen molar-refractivity contribution in [1.29, 1.82) is 0 Å². The molecule has 0 radical (unpaired) electrons. The number of rotatable bonds is 6. The van der Waals surface area contributed by atoms with Crippen LogP contribution in [0.5, 0.6) is 0 Å². The fourth-order valence-electron chi connectivity index (χ4n) is 8.37. The molecule has 0 bridgehead atoms. The number of aryl methyl sites for hydroxylation is 1.